The Kier molecular flexibility index (Phi) is 5.98. The molecular formula is C24H22N2O3. The molecular weight excluding hydrogens is 364 g/mol. The van der Waals surface area contributed by atoms with Crippen molar-refractivity contribution in [3.05, 3.63) is 106 Å². The molecule has 1 N–H and O–H groups in total. The Labute approximate surface area is 169 Å². The summed E-state index contributed by atoms with van der Waals surface area (Å²) in [4.78, 5) is 17.0. The lowest BCUT2D eigenvalue weighted by molar-refractivity contribution is 0.306. The summed E-state index contributed by atoms with van der Waals surface area (Å²) in [5.41, 5.74) is 3.22. The normalized spacial score (nSPS) is 10.9. The van der Waals surface area contributed by atoms with Crippen molar-refractivity contribution in [3.8, 4) is 5.75 Å². The Morgan fingerprint density at radius 2 is 1.86 bits per heavy atom. The number of ether oxygens (including phenoxy) is 1. The average Bonchev–Trinajstić information content (AvgIpc) is 2.78. The van der Waals surface area contributed by atoms with Gasteiger partial charge >= 0.3 is 0 Å². The minimum Gasteiger partial charge on any atom is -0.489 e. The number of hydrogen-bond acceptors (Lipinski definition) is 5. The fraction of sp³-hybridized carbons (Fsp3) is 0.167. The standard InChI is InChI=1S/C24H22N2O3/c27-24-19(15-25-13-11-20-8-4-5-12-26-20)17-29-23-14-21(9-10-22(23)24)28-16-18-6-2-1-3-7-18/h1-10,12,14,17,25H,11,13,15-16H2. The van der Waals surface area contributed by atoms with E-state index in [9.17, 15) is 4.79 Å². The van der Waals surface area contributed by atoms with Gasteiger partial charge in [0.15, 0.2) is 5.43 Å². The van der Waals surface area contributed by atoms with Gasteiger partial charge in [-0.15, -0.1) is 0 Å². The highest BCUT2D eigenvalue weighted by atomic mass is 16.5. The molecule has 0 aliphatic rings. The zero-order valence-electron chi connectivity index (χ0n) is 16.0. The molecule has 146 valence electrons. The Bertz CT molecular complexity index is 1130. The summed E-state index contributed by atoms with van der Waals surface area (Å²) in [6.07, 6.45) is 4.12. The minimum atomic E-state index is -0.0220. The summed E-state index contributed by atoms with van der Waals surface area (Å²) in [5.74, 6) is 0.672. The second kappa shape index (κ2) is 9.17. The SMILES string of the molecule is O=c1c(CNCCc2ccccn2)coc2cc(OCc3ccccc3)ccc12. The van der Waals surface area contributed by atoms with E-state index in [1.165, 1.54) is 6.26 Å². The lowest BCUT2D eigenvalue weighted by atomic mass is 10.1. The second-order valence-electron chi connectivity index (χ2n) is 6.77. The van der Waals surface area contributed by atoms with Gasteiger partial charge < -0.3 is 14.5 Å². The molecule has 2 aromatic heterocycles. The molecule has 4 aromatic rings. The van der Waals surface area contributed by atoms with Crippen molar-refractivity contribution in [1.82, 2.24) is 10.3 Å². The largest absolute Gasteiger partial charge is 0.489 e. The maximum atomic E-state index is 12.7. The molecule has 0 spiro atoms. The third kappa shape index (κ3) is 4.89. The fourth-order valence-electron chi connectivity index (χ4n) is 3.09. The molecule has 5 heteroatoms. The van der Waals surface area contributed by atoms with Crippen LogP contribution in [0.1, 0.15) is 16.8 Å². The molecule has 0 radical (unpaired) electrons. The van der Waals surface area contributed by atoms with Crippen LogP contribution in [0.15, 0.2) is 88.4 Å². The highest BCUT2D eigenvalue weighted by Crippen LogP contribution is 2.20. The third-order valence-electron chi connectivity index (χ3n) is 4.67. The molecule has 2 heterocycles. The predicted octanol–water partition coefficient (Wildman–Crippen LogP) is 4.10. The van der Waals surface area contributed by atoms with Crippen LogP contribution in [0.2, 0.25) is 0 Å². The maximum Gasteiger partial charge on any atom is 0.197 e. The lowest BCUT2D eigenvalue weighted by Crippen LogP contribution is -2.21. The molecule has 5 nitrogen and oxygen atoms in total. The van der Waals surface area contributed by atoms with Crippen molar-refractivity contribution in [2.45, 2.75) is 19.6 Å². The number of benzene rings is 2. The van der Waals surface area contributed by atoms with Gasteiger partial charge in [-0.2, -0.15) is 0 Å². The molecule has 29 heavy (non-hydrogen) atoms. The van der Waals surface area contributed by atoms with Crippen LogP contribution in [0, 0.1) is 0 Å². The number of aromatic nitrogens is 1. The number of hydrogen-bond donors (Lipinski definition) is 1. The first-order chi connectivity index (χ1) is 14.3. The fourth-order valence-corrected chi connectivity index (χ4v) is 3.09. The van der Waals surface area contributed by atoms with Crippen molar-refractivity contribution in [3.63, 3.8) is 0 Å². The Balaban J connectivity index is 1.38. The van der Waals surface area contributed by atoms with Gasteiger partial charge in [-0.3, -0.25) is 9.78 Å². The maximum absolute atomic E-state index is 12.7. The predicted molar refractivity (Wildman–Crippen MR) is 113 cm³/mol. The zero-order valence-corrected chi connectivity index (χ0v) is 16.0. The molecule has 0 saturated heterocycles. The molecule has 0 aliphatic carbocycles. The quantitative estimate of drug-likeness (QED) is 0.462. The molecule has 0 amide bonds. The van der Waals surface area contributed by atoms with Crippen LogP contribution in [0.25, 0.3) is 11.0 Å². The first kappa shape index (κ1) is 18.9. The lowest BCUT2D eigenvalue weighted by Gasteiger charge is -2.08. The van der Waals surface area contributed by atoms with Crippen LogP contribution >= 0.6 is 0 Å². The van der Waals surface area contributed by atoms with Gasteiger partial charge in [0.2, 0.25) is 0 Å². The highest BCUT2D eigenvalue weighted by Gasteiger charge is 2.08. The summed E-state index contributed by atoms with van der Waals surface area (Å²) in [6, 6.07) is 21.1. The third-order valence-corrected chi connectivity index (χ3v) is 4.67. The van der Waals surface area contributed by atoms with Crippen LogP contribution in [0.3, 0.4) is 0 Å². The van der Waals surface area contributed by atoms with Crippen molar-refractivity contribution in [2.75, 3.05) is 6.54 Å². The smallest absolute Gasteiger partial charge is 0.197 e. The summed E-state index contributed by atoms with van der Waals surface area (Å²) >= 11 is 0. The van der Waals surface area contributed by atoms with E-state index in [1.807, 2.05) is 48.5 Å². The molecule has 0 atom stereocenters. The van der Waals surface area contributed by atoms with E-state index >= 15 is 0 Å². The second-order valence-corrected chi connectivity index (χ2v) is 6.77. The molecule has 0 unspecified atom stereocenters. The number of pyridine rings is 1. The van der Waals surface area contributed by atoms with Gasteiger partial charge in [-0.25, -0.2) is 0 Å². The Morgan fingerprint density at radius 3 is 2.69 bits per heavy atom. The van der Waals surface area contributed by atoms with Crippen LogP contribution in [-0.4, -0.2) is 11.5 Å². The van der Waals surface area contributed by atoms with Crippen molar-refractivity contribution in [2.24, 2.45) is 0 Å². The molecule has 0 aliphatic heterocycles. The highest BCUT2D eigenvalue weighted by molar-refractivity contribution is 5.78. The summed E-state index contributed by atoms with van der Waals surface area (Å²) in [7, 11) is 0. The van der Waals surface area contributed by atoms with E-state index in [1.54, 1.807) is 24.4 Å². The Morgan fingerprint density at radius 1 is 1.00 bits per heavy atom. The van der Waals surface area contributed by atoms with E-state index in [0.29, 0.717) is 35.4 Å². The first-order valence-corrected chi connectivity index (χ1v) is 9.61. The van der Waals surface area contributed by atoms with Gasteiger partial charge in [-0.1, -0.05) is 36.4 Å². The summed E-state index contributed by atoms with van der Waals surface area (Å²) < 4.78 is 11.5. The monoisotopic (exact) mass is 386 g/mol. The van der Waals surface area contributed by atoms with Gasteiger partial charge in [0.25, 0.3) is 0 Å². The average molecular weight is 386 g/mol. The van der Waals surface area contributed by atoms with Crippen molar-refractivity contribution < 1.29 is 9.15 Å². The van der Waals surface area contributed by atoms with E-state index < -0.39 is 0 Å². The molecule has 4 rings (SSSR count). The minimum absolute atomic E-state index is 0.0220. The molecule has 0 bridgehead atoms. The van der Waals surface area contributed by atoms with E-state index in [-0.39, 0.29) is 5.43 Å². The number of fused-ring (bicyclic) bond motifs is 1. The summed E-state index contributed by atoms with van der Waals surface area (Å²) in [5, 5.41) is 3.84. The van der Waals surface area contributed by atoms with Crippen LogP contribution in [-0.2, 0) is 19.6 Å². The van der Waals surface area contributed by atoms with E-state index in [2.05, 4.69) is 10.3 Å². The molecule has 0 saturated carbocycles. The topological polar surface area (TPSA) is 64.4 Å². The number of nitrogens with one attached hydrogen (secondary N) is 1. The van der Waals surface area contributed by atoms with Gasteiger partial charge in [-0.05, 0) is 29.8 Å². The van der Waals surface area contributed by atoms with Crippen molar-refractivity contribution >= 4 is 11.0 Å². The molecule has 2 aromatic carbocycles. The number of rotatable bonds is 8. The Hall–Kier alpha value is -3.44. The van der Waals surface area contributed by atoms with Gasteiger partial charge in [0.1, 0.15) is 17.9 Å². The van der Waals surface area contributed by atoms with Crippen molar-refractivity contribution in [1.29, 1.82) is 0 Å². The van der Waals surface area contributed by atoms with E-state index in [4.69, 9.17) is 9.15 Å². The van der Waals surface area contributed by atoms with Crippen LogP contribution in [0.4, 0.5) is 0 Å². The summed E-state index contributed by atoms with van der Waals surface area (Å²) in [6.45, 7) is 1.66. The molecule has 0 fully saturated rings. The van der Waals surface area contributed by atoms with E-state index in [0.717, 1.165) is 24.2 Å². The van der Waals surface area contributed by atoms with Crippen LogP contribution < -0.4 is 15.5 Å². The number of nitrogens with zero attached hydrogens (tertiary/aromatic N) is 1. The van der Waals surface area contributed by atoms with Gasteiger partial charge in [0, 0.05) is 43.0 Å². The van der Waals surface area contributed by atoms with Crippen LogP contribution in [0.5, 0.6) is 5.75 Å². The zero-order chi connectivity index (χ0) is 19.9. The first-order valence-electron chi connectivity index (χ1n) is 9.61. The van der Waals surface area contributed by atoms with Gasteiger partial charge in [0.05, 0.1) is 11.6 Å².